The van der Waals surface area contributed by atoms with Crippen LogP contribution in [-0.4, -0.2) is 24.4 Å². The van der Waals surface area contributed by atoms with Crippen LogP contribution in [0, 0.1) is 5.82 Å². The monoisotopic (exact) mass is 253 g/mol. The quantitative estimate of drug-likeness (QED) is 0.694. The highest BCUT2D eigenvalue weighted by Gasteiger charge is 2.18. The average molecular weight is 253 g/mol. The summed E-state index contributed by atoms with van der Waals surface area (Å²) < 4.78 is 13.0. The molecule has 1 atom stereocenters. The summed E-state index contributed by atoms with van der Waals surface area (Å²) in [5, 5.41) is 5.30. The van der Waals surface area contributed by atoms with Gasteiger partial charge in [-0.3, -0.25) is 9.59 Å². The molecular formula is C12H16FN3O2. The number of rotatable bonds is 6. The lowest BCUT2D eigenvalue weighted by molar-refractivity contribution is -0.125. The van der Waals surface area contributed by atoms with Crippen LogP contribution in [0.25, 0.3) is 0 Å². The molecule has 1 rings (SSSR count). The zero-order valence-electron chi connectivity index (χ0n) is 10.1. The Morgan fingerprint density at radius 3 is 2.72 bits per heavy atom. The van der Waals surface area contributed by atoms with Crippen LogP contribution in [0.4, 0.5) is 10.1 Å². The van der Waals surface area contributed by atoms with Crippen molar-refractivity contribution >= 4 is 17.5 Å². The predicted molar refractivity (Wildman–Crippen MR) is 66.3 cm³/mol. The number of hydrogen-bond acceptors (Lipinski definition) is 3. The summed E-state index contributed by atoms with van der Waals surface area (Å²) in [6.07, 6.45) is -0.0836. The molecule has 0 aromatic heterocycles. The summed E-state index contributed by atoms with van der Waals surface area (Å²) in [4.78, 5) is 22.6. The molecule has 0 fully saturated rings. The number of nitrogens with two attached hydrogens (primary N) is 1. The molecule has 2 amide bonds. The smallest absolute Gasteiger partial charge is 0.240 e. The Kier molecular flexibility index (Phi) is 5.10. The first-order valence-electron chi connectivity index (χ1n) is 5.61. The molecule has 1 unspecified atom stereocenters. The van der Waals surface area contributed by atoms with Gasteiger partial charge >= 0.3 is 0 Å². The van der Waals surface area contributed by atoms with Crippen LogP contribution in [0.1, 0.15) is 13.3 Å². The fourth-order valence-corrected chi connectivity index (χ4v) is 1.46. The normalized spacial score (nSPS) is 11.7. The summed E-state index contributed by atoms with van der Waals surface area (Å²) in [5.41, 5.74) is 5.60. The highest BCUT2D eigenvalue weighted by molar-refractivity contribution is 5.89. The van der Waals surface area contributed by atoms with E-state index in [2.05, 4.69) is 10.6 Å². The van der Waals surface area contributed by atoms with Crippen LogP contribution in [0.3, 0.4) is 0 Å². The zero-order chi connectivity index (χ0) is 13.5. The minimum atomic E-state index is -0.863. The van der Waals surface area contributed by atoms with E-state index in [0.29, 0.717) is 12.2 Å². The second-order valence-electron chi connectivity index (χ2n) is 3.77. The number of carbonyl (C=O) groups is 2. The second kappa shape index (κ2) is 6.58. The van der Waals surface area contributed by atoms with Gasteiger partial charge in [0.25, 0.3) is 0 Å². The maximum atomic E-state index is 13.0. The molecule has 0 aliphatic heterocycles. The molecule has 98 valence electrons. The molecule has 0 saturated carbocycles. The number of anilines is 1. The third-order valence-electron chi connectivity index (χ3n) is 2.27. The molecule has 0 heterocycles. The van der Waals surface area contributed by atoms with Crippen molar-refractivity contribution in [1.82, 2.24) is 5.32 Å². The summed E-state index contributed by atoms with van der Waals surface area (Å²) in [7, 11) is 0. The Hall–Kier alpha value is -2.11. The van der Waals surface area contributed by atoms with Crippen molar-refractivity contribution in [3.05, 3.63) is 30.1 Å². The van der Waals surface area contributed by atoms with Gasteiger partial charge in [0.15, 0.2) is 0 Å². The van der Waals surface area contributed by atoms with Crippen molar-refractivity contribution in [1.29, 1.82) is 0 Å². The van der Waals surface area contributed by atoms with Crippen LogP contribution < -0.4 is 16.4 Å². The summed E-state index contributed by atoms with van der Waals surface area (Å²) in [6.45, 7) is 2.25. The Balaban J connectivity index is 2.69. The number of halogens is 1. The van der Waals surface area contributed by atoms with Gasteiger partial charge in [-0.2, -0.15) is 0 Å². The highest BCUT2D eigenvalue weighted by Crippen LogP contribution is 2.11. The molecule has 0 radical (unpaired) electrons. The lowest BCUT2D eigenvalue weighted by Gasteiger charge is -2.16. The van der Waals surface area contributed by atoms with Crippen molar-refractivity contribution in [2.75, 3.05) is 11.9 Å². The first-order valence-corrected chi connectivity index (χ1v) is 5.61. The Morgan fingerprint density at radius 1 is 1.44 bits per heavy atom. The molecule has 0 aliphatic rings. The first kappa shape index (κ1) is 14.0. The van der Waals surface area contributed by atoms with Crippen molar-refractivity contribution < 1.29 is 14.0 Å². The van der Waals surface area contributed by atoms with Gasteiger partial charge in [-0.1, -0.05) is 6.07 Å². The van der Waals surface area contributed by atoms with E-state index >= 15 is 0 Å². The van der Waals surface area contributed by atoms with Crippen molar-refractivity contribution in [2.45, 2.75) is 19.4 Å². The zero-order valence-corrected chi connectivity index (χ0v) is 10.1. The summed E-state index contributed by atoms with van der Waals surface area (Å²) in [6, 6.07) is 4.75. The fraction of sp³-hybridized carbons (Fsp3) is 0.333. The molecule has 6 heteroatoms. The van der Waals surface area contributed by atoms with E-state index in [1.165, 1.54) is 18.2 Å². The molecule has 1 aromatic rings. The van der Waals surface area contributed by atoms with Crippen molar-refractivity contribution in [3.8, 4) is 0 Å². The van der Waals surface area contributed by atoms with Crippen LogP contribution in [0.2, 0.25) is 0 Å². The lowest BCUT2D eigenvalue weighted by Crippen LogP contribution is -2.40. The van der Waals surface area contributed by atoms with E-state index < -0.39 is 17.8 Å². The molecule has 0 aliphatic carbocycles. The number of hydrogen-bond donors (Lipinski definition) is 3. The maximum absolute atomic E-state index is 13.0. The van der Waals surface area contributed by atoms with Gasteiger partial charge in [-0.05, 0) is 25.1 Å². The molecule has 0 bridgehead atoms. The Bertz CT molecular complexity index is 437. The largest absolute Gasteiger partial charge is 0.373 e. The van der Waals surface area contributed by atoms with Gasteiger partial charge in [0.1, 0.15) is 11.9 Å². The average Bonchev–Trinajstić information content (AvgIpc) is 2.28. The number of primary amides is 1. The number of benzene rings is 1. The third kappa shape index (κ3) is 4.40. The first-order chi connectivity index (χ1) is 8.52. The lowest BCUT2D eigenvalue weighted by atomic mass is 10.1. The van der Waals surface area contributed by atoms with Crippen LogP contribution in [-0.2, 0) is 9.59 Å². The molecule has 18 heavy (non-hydrogen) atoms. The summed E-state index contributed by atoms with van der Waals surface area (Å²) in [5.74, 6) is -1.38. The maximum Gasteiger partial charge on any atom is 0.240 e. The third-order valence-corrected chi connectivity index (χ3v) is 2.27. The van der Waals surface area contributed by atoms with Gasteiger partial charge in [-0.25, -0.2) is 4.39 Å². The van der Waals surface area contributed by atoms with E-state index in [-0.39, 0.29) is 12.3 Å². The number of carbonyl (C=O) groups excluding carboxylic acids is 2. The van der Waals surface area contributed by atoms with E-state index in [1.807, 2.05) is 0 Å². The van der Waals surface area contributed by atoms with Gasteiger partial charge in [-0.15, -0.1) is 0 Å². The molecular weight excluding hydrogens is 237 g/mol. The van der Waals surface area contributed by atoms with Gasteiger partial charge in [0.2, 0.25) is 11.8 Å². The standard InChI is InChI=1S/C12H16FN3O2/c1-2-15-11(17)7-10(12(14)18)16-9-5-3-4-8(13)6-9/h3-6,10,16H,2,7H2,1H3,(H2,14,18)(H,15,17). The van der Waals surface area contributed by atoms with Crippen molar-refractivity contribution in [3.63, 3.8) is 0 Å². The van der Waals surface area contributed by atoms with E-state index in [0.717, 1.165) is 0 Å². The molecule has 0 spiro atoms. The van der Waals surface area contributed by atoms with Gasteiger partial charge in [0, 0.05) is 12.2 Å². The summed E-state index contributed by atoms with van der Waals surface area (Å²) >= 11 is 0. The fourth-order valence-electron chi connectivity index (χ4n) is 1.46. The minimum absolute atomic E-state index is 0.0836. The SMILES string of the molecule is CCNC(=O)CC(Nc1cccc(F)c1)C(N)=O. The predicted octanol–water partition coefficient (Wildman–Crippen LogP) is 0.618. The van der Waals surface area contributed by atoms with E-state index in [4.69, 9.17) is 5.73 Å². The Morgan fingerprint density at radius 2 is 2.17 bits per heavy atom. The van der Waals surface area contributed by atoms with E-state index in [9.17, 15) is 14.0 Å². The van der Waals surface area contributed by atoms with Crippen LogP contribution >= 0.6 is 0 Å². The van der Waals surface area contributed by atoms with Crippen molar-refractivity contribution in [2.24, 2.45) is 5.73 Å². The molecule has 1 aromatic carbocycles. The van der Waals surface area contributed by atoms with Crippen LogP contribution in [0.5, 0.6) is 0 Å². The molecule has 4 N–H and O–H groups in total. The molecule has 5 nitrogen and oxygen atoms in total. The Labute approximate surface area is 105 Å². The second-order valence-corrected chi connectivity index (χ2v) is 3.77. The molecule has 0 saturated heterocycles. The topological polar surface area (TPSA) is 84.2 Å². The van der Waals surface area contributed by atoms with Gasteiger partial charge < -0.3 is 16.4 Å². The van der Waals surface area contributed by atoms with E-state index in [1.54, 1.807) is 13.0 Å². The minimum Gasteiger partial charge on any atom is -0.373 e. The number of nitrogens with one attached hydrogen (secondary N) is 2. The number of amides is 2. The van der Waals surface area contributed by atoms with Gasteiger partial charge in [0.05, 0.1) is 6.42 Å². The highest BCUT2D eigenvalue weighted by atomic mass is 19.1. The van der Waals surface area contributed by atoms with Crippen LogP contribution in [0.15, 0.2) is 24.3 Å².